The summed E-state index contributed by atoms with van der Waals surface area (Å²) in [7, 11) is 0. The number of nitrogens with zero attached hydrogens (tertiary/aromatic N) is 2. The van der Waals surface area contributed by atoms with Crippen molar-refractivity contribution in [2.75, 3.05) is 6.54 Å². The van der Waals surface area contributed by atoms with Gasteiger partial charge >= 0.3 is 0 Å². The molecule has 0 radical (unpaired) electrons. The highest BCUT2D eigenvalue weighted by Gasteiger charge is 2.09. The van der Waals surface area contributed by atoms with Crippen LogP contribution in [0.5, 0.6) is 0 Å². The molecule has 60 valence electrons. The Morgan fingerprint density at radius 2 is 2.20 bits per heavy atom. The number of rotatable bonds is 5. The molecule has 0 heterocycles. The first-order chi connectivity index (χ1) is 4.76. The molecular weight excluding hydrogens is 132 g/mol. The van der Waals surface area contributed by atoms with Crippen LogP contribution < -0.4 is 0 Å². The summed E-state index contributed by atoms with van der Waals surface area (Å²) in [5, 5.41) is 12.9. The van der Waals surface area contributed by atoms with Gasteiger partial charge in [0, 0.05) is 6.54 Å². The normalized spacial score (nSPS) is 12.7. The lowest BCUT2D eigenvalue weighted by molar-refractivity contribution is 0.00132. The fraction of sp³-hybridized carbons (Fsp3) is 1.00. The molecule has 0 bridgehead atoms. The third-order valence-corrected chi connectivity index (χ3v) is 1.27. The van der Waals surface area contributed by atoms with E-state index in [4.69, 9.17) is 5.11 Å². The molecule has 0 aliphatic carbocycles. The van der Waals surface area contributed by atoms with Gasteiger partial charge in [-0.3, -0.25) is 0 Å². The SMILES string of the molecule is CCCN(N=O)C(O)CC. The van der Waals surface area contributed by atoms with E-state index in [0.717, 1.165) is 11.4 Å². The molecule has 10 heavy (non-hydrogen) atoms. The molecule has 0 aromatic rings. The summed E-state index contributed by atoms with van der Waals surface area (Å²) < 4.78 is 0. The van der Waals surface area contributed by atoms with E-state index >= 15 is 0 Å². The van der Waals surface area contributed by atoms with Crippen molar-refractivity contribution in [1.29, 1.82) is 0 Å². The van der Waals surface area contributed by atoms with Crippen LogP contribution in [0.2, 0.25) is 0 Å². The Labute approximate surface area is 60.8 Å². The maximum absolute atomic E-state index is 10.0. The van der Waals surface area contributed by atoms with Gasteiger partial charge in [-0.05, 0) is 12.8 Å². The molecule has 0 aliphatic rings. The van der Waals surface area contributed by atoms with Crippen LogP contribution >= 0.6 is 0 Å². The second kappa shape index (κ2) is 5.17. The van der Waals surface area contributed by atoms with Gasteiger partial charge in [0.1, 0.15) is 6.23 Å². The Kier molecular flexibility index (Phi) is 4.84. The highest BCUT2D eigenvalue weighted by molar-refractivity contribution is 4.52. The highest BCUT2D eigenvalue weighted by Crippen LogP contribution is 2.01. The average Bonchev–Trinajstić information content (AvgIpc) is 1.99. The summed E-state index contributed by atoms with van der Waals surface area (Å²) in [4.78, 5) is 10.0. The maximum atomic E-state index is 10.0. The fourth-order valence-electron chi connectivity index (χ4n) is 0.684. The molecule has 0 saturated carbocycles. The van der Waals surface area contributed by atoms with E-state index in [1.807, 2.05) is 6.92 Å². The van der Waals surface area contributed by atoms with Gasteiger partial charge < -0.3 is 5.11 Å². The molecule has 0 fully saturated rings. The van der Waals surface area contributed by atoms with Gasteiger partial charge in [0.25, 0.3) is 0 Å². The van der Waals surface area contributed by atoms with E-state index in [1.165, 1.54) is 0 Å². The van der Waals surface area contributed by atoms with Crippen molar-refractivity contribution in [2.45, 2.75) is 32.9 Å². The van der Waals surface area contributed by atoms with Crippen molar-refractivity contribution in [1.82, 2.24) is 5.01 Å². The first kappa shape index (κ1) is 9.36. The lowest BCUT2D eigenvalue weighted by Gasteiger charge is -2.18. The monoisotopic (exact) mass is 146 g/mol. The molecule has 0 amide bonds. The van der Waals surface area contributed by atoms with Gasteiger partial charge in [-0.2, -0.15) is 0 Å². The number of nitroso groups, excluding NO2 is 1. The van der Waals surface area contributed by atoms with Gasteiger partial charge in [-0.25, -0.2) is 5.01 Å². The van der Waals surface area contributed by atoms with Crippen LogP contribution in [0.25, 0.3) is 0 Å². The molecule has 1 N–H and O–H groups in total. The van der Waals surface area contributed by atoms with Crippen LogP contribution in [0, 0.1) is 4.91 Å². The molecule has 4 heteroatoms. The Bertz CT molecular complexity index is 97.7. The van der Waals surface area contributed by atoms with Crippen LogP contribution in [0.3, 0.4) is 0 Å². The number of aliphatic hydroxyl groups excluding tert-OH is 1. The molecule has 0 rings (SSSR count). The van der Waals surface area contributed by atoms with Gasteiger partial charge in [-0.15, -0.1) is 4.91 Å². The molecule has 0 aromatic carbocycles. The Morgan fingerprint density at radius 3 is 2.50 bits per heavy atom. The third-order valence-electron chi connectivity index (χ3n) is 1.27. The summed E-state index contributed by atoms with van der Waals surface area (Å²) in [6, 6.07) is 0. The molecule has 0 saturated heterocycles. The van der Waals surface area contributed by atoms with Crippen molar-refractivity contribution in [3.63, 3.8) is 0 Å². The van der Waals surface area contributed by atoms with Crippen LogP contribution in [-0.2, 0) is 0 Å². The second-order valence-electron chi connectivity index (χ2n) is 2.13. The zero-order chi connectivity index (χ0) is 7.98. The molecule has 1 unspecified atom stereocenters. The first-order valence-electron chi connectivity index (χ1n) is 3.54. The summed E-state index contributed by atoms with van der Waals surface area (Å²) in [6.45, 7) is 4.26. The van der Waals surface area contributed by atoms with E-state index < -0.39 is 6.23 Å². The van der Waals surface area contributed by atoms with Crippen LogP contribution in [-0.4, -0.2) is 22.9 Å². The number of aliphatic hydroxyl groups is 1. The van der Waals surface area contributed by atoms with E-state index in [2.05, 4.69) is 5.29 Å². The zero-order valence-corrected chi connectivity index (χ0v) is 6.45. The lowest BCUT2D eigenvalue weighted by Crippen LogP contribution is -2.29. The van der Waals surface area contributed by atoms with E-state index in [9.17, 15) is 4.91 Å². The van der Waals surface area contributed by atoms with Crippen LogP contribution in [0.15, 0.2) is 5.29 Å². The summed E-state index contributed by atoms with van der Waals surface area (Å²) >= 11 is 0. The van der Waals surface area contributed by atoms with Crippen molar-refractivity contribution in [3.8, 4) is 0 Å². The number of hydrogen-bond donors (Lipinski definition) is 1. The largest absolute Gasteiger partial charge is 0.372 e. The summed E-state index contributed by atoms with van der Waals surface area (Å²) in [5.74, 6) is 0. The van der Waals surface area contributed by atoms with E-state index in [1.54, 1.807) is 6.92 Å². The zero-order valence-electron chi connectivity index (χ0n) is 6.45. The standard InChI is InChI=1S/C6H14N2O2/c1-3-5-8(7-10)6(9)4-2/h6,9H,3-5H2,1-2H3. The minimum absolute atomic E-state index is 0.526. The molecule has 0 spiro atoms. The molecular formula is C6H14N2O2. The van der Waals surface area contributed by atoms with Crippen LogP contribution in [0.1, 0.15) is 26.7 Å². The van der Waals surface area contributed by atoms with Crippen LogP contribution in [0.4, 0.5) is 0 Å². The Balaban J connectivity index is 3.67. The quantitative estimate of drug-likeness (QED) is 0.359. The van der Waals surface area contributed by atoms with Gasteiger partial charge in [0.15, 0.2) is 0 Å². The molecule has 4 nitrogen and oxygen atoms in total. The van der Waals surface area contributed by atoms with Crippen molar-refractivity contribution >= 4 is 0 Å². The predicted octanol–water partition coefficient (Wildman–Crippen LogP) is 1.11. The minimum atomic E-state index is -0.711. The lowest BCUT2D eigenvalue weighted by atomic mass is 10.4. The Hall–Kier alpha value is -0.640. The first-order valence-corrected chi connectivity index (χ1v) is 3.54. The van der Waals surface area contributed by atoms with Crippen molar-refractivity contribution in [2.24, 2.45) is 5.29 Å². The van der Waals surface area contributed by atoms with Gasteiger partial charge in [-0.1, -0.05) is 13.8 Å². The highest BCUT2D eigenvalue weighted by atomic mass is 16.3. The summed E-state index contributed by atoms with van der Waals surface area (Å²) in [6.07, 6.45) is 0.645. The summed E-state index contributed by atoms with van der Waals surface area (Å²) in [5.41, 5.74) is 0. The average molecular weight is 146 g/mol. The van der Waals surface area contributed by atoms with Crippen molar-refractivity contribution < 1.29 is 5.11 Å². The maximum Gasteiger partial charge on any atom is 0.145 e. The minimum Gasteiger partial charge on any atom is -0.372 e. The van der Waals surface area contributed by atoms with E-state index in [0.29, 0.717) is 13.0 Å². The smallest absolute Gasteiger partial charge is 0.145 e. The third kappa shape index (κ3) is 2.77. The number of hydrogen-bond acceptors (Lipinski definition) is 3. The Morgan fingerprint density at radius 1 is 1.60 bits per heavy atom. The fourth-order valence-corrected chi connectivity index (χ4v) is 0.684. The van der Waals surface area contributed by atoms with E-state index in [-0.39, 0.29) is 0 Å². The van der Waals surface area contributed by atoms with Gasteiger partial charge in [0.05, 0.1) is 5.29 Å². The van der Waals surface area contributed by atoms with Crippen molar-refractivity contribution in [3.05, 3.63) is 4.91 Å². The van der Waals surface area contributed by atoms with Gasteiger partial charge in [0.2, 0.25) is 0 Å². The molecule has 1 atom stereocenters. The topological polar surface area (TPSA) is 52.9 Å². The second-order valence-corrected chi connectivity index (χ2v) is 2.13. The predicted molar refractivity (Wildman–Crippen MR) is 39.1 cm³/mol. The molecule has 0 aromatic heterocycles. The molecule has 0 aliphatic heterocycles.